The molecule has 0 radical (unpaired) electrons. The summed E-state index contributed by atoms with van der Waals surface area (Å²) in [5.41, 5.74) is 2.59. The Balaban J connectivity index is 1.23. The molecule has 47 heavy (non-hydrogen) atoms. The molecule has 10 heteroatoms. The Labute approximate surface area is 278 Å². The van der Waals surface area contributed by atoms with Gasteiger partial charge in [0.2, 0.25) is 0 Å². The number of aliphatic hydroxyl groups is 1. The number of fused-ring (bicyclic) bond motifs is 2. The van der Waals surface area contributed by atoms with Crippen molar-refractivity contribution in [1.82, 2.24) is 14.8 Å². The van der Waals surface area contributed by atoms with E-state index < -0.39 is 6.04 Å². The fourth-order valence-electron chi connectivity index (χ4n) is 5.68. The predicted molar refractivity (Wildman–Crippen MR) is 184 cm³/mol. The monoisotopic (exact) mass is 650 g/mol. The summed E-state index contributed by atoms with van der Waals surface area (Å²) >= 11 is 1.31. The number of hydrogen-bond acceptors (Lipinski definition) is 8. The number of amides is 2. The third-order valence-corrected chi connectivity index (χ3v) is 9.31. The summed E-state index contributed by atoms with van der Waals surface area (Å²) in [4.78, 5) is 35.7. The molecule has 2 heterocycles. The van der Waals surface area contributed by atoms with Crippen molar-refractivity contribution in [3.05, 3.63) is 113 Å². The van der Waals surface area contributed by atoms with Crippen LogP contribution < -0.4 is 14.8 Å². The van der Waals surface area contributed by atoms with Crippen molar-refractivity contribution < 1.29 is 24.2 Å². The van der Waals surface area contributed by atoms with E-state index in [9.17, 15) is 14.7 Å². The molecule has 6 rings (SSSR count). The van der Waals surface area contributed by atoms with Crippen molar-refractivity contribution in [2.75, 3.05) is 32.1 Å². The summed E-state index contributed by atoms with van der Waals surface area (Å²) < 4.78 is 13.6. The maximum absolute atomic E-state index is 13.9. The van der Waals surface area contributed by atoms with Crippen molar-refractivity contribution in [1.29, 1.82) is 0 Å². The minimum absolute atomic E-state index is 0.0850. The zero-order valence-electron chi connectivity index (χ0n) is 26.6. The van der Waals surface area contributed by atoms with Gasteiger partial charge in [0.25, 0.3) is 11.8 Å². The third-order valence-electron chi connectivity index (χ3n) is 8.27. The van der Waals surface area contributed by atoms with E-state index in [0.29, 0.717) is 41.6 Å². The predicted octanol–water partition coefficient (Wildman–Crippen LogP) is 6.69. The molecule has 0 aliphatic carbocycles. The topological polar surface area (TPSA) is 104 Å². The first-order chi connectivity index (χ1) is 22.8. The molecule has 0 bridgehead atoms. The van der Waals surface area contributed by atoms with E-state index in [2.05, 4.69) is 15.2 Å². The van der Waals surface area contributed by atoms with Gasteiger partial charge in [-0.3, -0.25) is 14.5 Å². The first-order valence-corrected chi connectivity index (χ1v) is 16.5. The van der Waals surface area contributed by atoms with E-state index >= 15 is 0 Å². The maximum atomic E-state index is 13.9. The molecule has 0 fully saturated rings. The van der Waals surface area contributed by atoms with Gasteiger partial charge in [0.15, 0.2) is 10.8 Å². The second-order valence-corrected chi connectivity index (χ2v) is 13.0. The molecule has 242 valence electrons. The van der Waals surface area contributed by atoms with Crippen molar-refractivity contribution in [3.63, 3.8) is 0 Å². The molecule has 0 saturated heterocycles. The Kier molecular flexibility index (Phi) is 9.81. The van der Waals surface area contributed by atoms with Crippen molar-refractivity contribution in [3.8, 4) is 17.2 Å². The average Bonchev–Trinajstić information content (AvgIpc) is 3.52. The minimum Gasteiger partial charge on any atom is -0.486 e. The molecule has 5 aromatic rings. The Morgan fingerprint density at radius 1 is 1.04 bits per heavy atom. The molecule has 1 aliphatic rings. The number of likely N-dealkylation sites (N-methyl/N-ethyl adjacent to an activating group) is 1. The lowest BCUT2D eigenvalue weighted by atomic mass is 9.98. The molecule has 0 spiro atoms. The van der Waals surface area contributed by atoms with Crippen LogP contribution in [0.1, 0.15) is 39.6 Å². The first-order valence-electron chi connectivity index (χ1n) is 15.7. The molecule has 3 atom stereocenters. The van der Waals surface area contributed by atoms with Gasteiger partial charge in [-0.05, 0) is 68.1 Å². The molecule has 9 nitrogen and oxygen atoms in total. The molecular formula is C37H38N4O5S. The quantitative estimate of drug-likeness (QED) is 0.174. The van der Waals surface area contributed by atoms with Gasteiger partial charge in [-0.25, -0.2) is 4.98 Å². The second kappa shape index (κ2) is 14.3. The molecule has 1 aliphatic heterocycles. The molecule has 0 unspecified atom stereocenters. The largest absolute Gasteiger partial charge is 0.486 e. The highest BCUT2D eigenvalue weighted by Gasteiger charge is 2.34. The Morgan fingerprint density at radius 2 is 1.77 bits per heavy atom. The van der Waals surface area contributed by atoms with E-state index in [1.165, 1.54) is 11.3 Å². The lowest BCUT2D eigenvalue weighted by molar-refractivity contribution is 0.0343. The van der Waals surface area contributed by atoms with Gasteiger partial charge in [0.1, 0.15) is 17.6 Å². The highest BCUT2D eigenvalue weighted by atomic mass is 32.1. The Bertz CT molecular complexity index is 1810. The standard InChI is InChI=1S/C37H38N4O5S/c1-24-20-41(25(2)23-42)37(44)29-12-9-14-31(38-35(43)36-39-30-13-7-8-15-33(30)47-36)34(29)46-32(24)22-40(3)21-26-16-18-28(19-17-26)45-27-10-5-4-6-11-27/h4-19,24-25,32,42H,20-23H2,1-3H3,(H,38,43)/t24-,25-,32-/m0/s1. The van der Waals surface area contributed by atoms with E-state index in [1.807, 2.05) is 99.8 Å². The fraction of sp³-hybridized carbons (Fsp3) is 0.270. The minimum atomic E-state index is -0.396. The molecular weight excluding hydrogens is 612 g/mol. The van der Waals surface area contributed by atoms with Crippen molar-refractivity contribution >= 4 is 39.1 Å². The van der Waals surface area contributed by atoms with Crippen LogP contribution in [0.25, 0.3) is 10.2 Å². The Morgan fingerprint density at radius 3 is 2.51 bits per heavy atom. The second-order valence-electron chi connectivity index (χ2n) is 12.0. The average molecular weight is 651 g/mol. The summed E-state index contributed by atoms with van der Waals surface area (Å²) in [5.74, 6) is 1.15. The summed E-state index contributed by atoms with van der Waals surface area (Å²) in [6.07, 6.45) is -0.332. The lowest BCUT2D eigenvalue weighted by Crippen LogP contribution is -2.49. The molecule has 4 aromatic carbocycles. The number of nitrogens with one attached hydrogen (secondary N) is 1. The zero-order valence-corrected chi connectivity index (χ0v) is 27.4. The van der Waals surface area contributed by atoms with Gasteiger partial charge in [0.05, 0.1) is 34.1 Å². The van der Waals surface area contributed by atoms with Gasteiger partial charge in [0, 0.05) is 25.6 Å². The lowest BCUT2D eigenvalue weighted by Gasteiger charge is -2.38. The first kappa shape index (κ1) is 32.2. The number of anilines is 1. The van der Waals surface area contributed by atoms with E-state index in [4.69, 9.17) is 9.47 Å². The fourth-order valence-corrected chi connectivity index (χ4v) is 6.54. The van der Waals surface area contributed by atoms with Gasteiger partial charge in [-0.2, -0.15) is 0 Å². The summed E-state index contributed by atoms with van der Waals surface area (Å²) in [7, 11) is 2.03. The van der Waals surface area contributed by atoms with Crippen LogP contribution in [0.2, 0.25) is 0 Å². The smallest absolute Gasteiger partial charge is 0.284 e. The maximum Gasteiger partial charge on any atom is 0.284 e. The number of nitrogens with zero attached hydrogens (tertiary/aromatic N) is 3. The van der Waals surface area contributed by atoms with Crippen LogP contribution in [0.4, 0.5) is 5.69 Å². The number of rotatable bonds is 10. The number of carbonyl (C=O) groups excluding carboxylic acids is 2. The molecule has 2 N–H and O–H groups in total. The van der Waals surface area contributed by atoms with Crippen LogP contribution in [-0.4, -0.2) is 70.6 Å². The number of thiazole rings is 1. The summed E-state index contributed by atoms with van der Waals surface area (Å²) in [5, 5.41) is 13.3. The number of aromatic nitrogens is 1. The van der Waals surface area contributed by atoms with Gasteiger partial charge < -0.3 is 24.8 Å². The number of ether oxygens (including phenoxy) is 2. The molecule has 0 saturated carbocycles. The van der Waals surface area contributed by atoms with E-state index in [0.717, 1.165) is 27.3 Å². The van der Waals surface area contributed by atoms with E-state index in [-0.39, 0.29) is 30.4 Å². The van der Waals surface area contributed by atoms with Gasteiger partial charge in [-0.1, -0.05) is 55.5 Å². The normalized spacial score (nSPS) is 17.0. The number of hydrogen-bond donors (Lipinski definition) is 2. The van der Waals surface area contributed by atoms with Crippen LogP contribution in [-0.2, 0) is 6.54 Å². The van der Waals surface area contributed by atoms with Crippen LogP contribution in [0.3, 0.4) is 0 Å². The highest BCUT2D eigenvalue weighted by Crippen LogP contribution is 2.36. The SMILES string of the molecule is C[C@H]1CN([C@@H](C)CO)C(=O)c2cccc(NC(=O)c3nc4ccccc4s3)c2O[C@H]1CN(C)Cc1ccc(Oc2ccccc2)cc1. The molecule has 2 amide bonds. The van der Waals surface area contributed by atoms with E-state index in [1.54, 1.807) is 23.1 Å². The summed E-state index contributed by atoms with van der Waals surface area (Å²) in [6, 6.07) is 30.1. The number of carbonyl (C=O) groups is 2. The van der Waals surface area contributed by atoms with Crippen LogP contribution in [0, 0.1) is 5.92 Å². The zero-order chi connectivity index (χ0) is 32.9. The van der Waals surface area contributed by atoms with Crippen LogP contribution >= 0.6 is 11.3 Å². The number of benzene rings is 4. The highest BCUT2D eigenvalue weighted by molar-refractivity contribution is 7.20. The van der Waals surface area contributed by atoms with Crippen molar-refractivity contribution in [2.45, 2.75) is 32.5 Å². The van der Waals surface area contributed by atoms with Crippen molar-refractivity contribution in [2.24, 2.45) is 5.92 Å². The third kappa shape index (κ3) is 7.46. The Hall–Kier alpha value is -4.77. The molecule has 1 aromatic heterocycles. The summed E-state index contributed by atoms with van der Waals surface area (Å²) in [6.45, 7) is 5.34. The van der Waals surface area contributed by atoms with Crippen LogP contribution in [0.5, 0.6) is 17.2 Å². The van der Waals surface area contributed by atoms with Crippen LogP contribution in [0.15, 0.2) is 97.1 Å². The van der Waals surface area contributed by atoms with Gasteiger partial charge in [-0.15, -0.1) is 11.3 Å². The number of para-hydroxylation sites is 3. The van der Waals surface area contributed by atoms with Gasteiger partial charge >= 0.3 is 0 Å². The number of aliphatic hydroxyl groups excluding tert-OH is 1.